The van der Waals surface area contributed by atoms with Crippen molar-refractivity contribution < 1.29 is 17.6 Å². The highest BCUT2D eigenvalue weighted by Crippen LogP contribution is 2.18. The Morgan fingerprint density at radius 1 is 1.15 bits per heavy atom. The Balaban J connectivity index is 1.73. The molecule has 1 fully saturated rings. The molecule has 0 atom stereocenters. The van der Waals surface area contributed by atoms with Gasteiger partial charge in [0.25, 0.3) is 15.9 Å². The zero-order valence-corrected chi connectivity index (χ0v) is 15.7. The molecule has 0 aliphatic carbocycles. The summed E-state index contributed by atoms with van der Waals surface area (Å²) in [5, 5.41) is 0. The third kappa shape index (κ3) is 4.61. The molecule has 3 rings (SSSR count). The normalized spacial score (nSPS) is 15.6. The predicted octanol–water partition coefficient (Wildman–Crippen LogP) is 1.80. The number of hydrogen-bond acceptors (Lipinski definition) is 5. The molecule has 1 aliphatic heterocycles. The van der Waals surface area contributed by atoms with Gasteiger partial charge >= 0.3 is 0 Å². The Kier molecular flexibility index (Phi) is 5.71. The van der Waals surface area contributed by atoms with Crippen LogP contribution in [-0.2, 0) is 10.0 Å². The summed E-state index contributed by atoms with van der Waals surface area (Å²) >= 11 is 0. The van der Waals surface area contributed by atoms with Gasteiger partial charge in [-0.3, -0.25) is 14.5 Å². The minimum absolute atomic E-state index is 0.0655. The molecule has 1 amide bonds. The summed E-state index contributed by atoms with van der Waals surface area (Å²) in [6, 6.07) is 7.39. The smallest absolute Gasteiger partial charge is 0.272 e. The number of aromatic nitrogens is 1. The molecule has 27 heavy (non-hydrogen) atoms. The van der Waals surface area contributed by atoms with Crippen LogP contribution in [0.4, 0.5) is 10.1 Å². The first-order chi connectivity index (χ1) is 12.9. The molecule has 1 aliphatic rings. The van der Waals surface area contributed by atoms with Gasteiger partial charge in [-0.1, -0.05) is 6.92 Å². The summed E-state index contributed by atoms with van der Waals surface area (Å²) in [5.74, 6) is -0.748. The number of nitrogens with zero attached hydrogens (tertiary/aromatic N) is 3. The topological polar surface area (TPSA) is 82.6 Å². The molecule has 9 heteroatoms. The van der Waals surface area contributed by atoms with Crippen LogP contribution in [0.2, 0.25) is 0 Å². The summed E-state index contributed by atoms with van der Waals surface area (Å²) in [4.78, 5) is 20.6. The molecule has 144 valence electrons. The second-order valence-electron chi connectivity index (χ2n) is 6.22. The monoisotopic (exact) mass is 392 g/mol. The number of nitrogens with one attached hydrogen (secondary N) is 1. The number of pyridine rings is 1. The van der Waals surface area contributed by atoms with E-state index in [4.69, 9.17) is 0 Å². The van der Waals surface area contributed by atoms with E-state index in [9.17, 15) is 17.6 Å². The summed E-state index contributed by atoms with van der Waals surface area (Å²) in [7, 11) is -3.88. The van der Waals surface area contributed by atoms with Gasteiger partial charge < -0.3 is 9.80 Å². The first kappa shape index (κ1) is 19.2. The highest BCUT2D eigenvalue weighted by molar-refractivity contribution is 7.92. The van der Waals surface area contributed by atoms with Gasteiger partial charge in [-0.25, -0.2) is 12.8 Å². The molecule has 0 bridgehead atoms. The lowest BCUT2D eigenvalue weighted by Crippen LogP contribution is -2.48. The number of carbonyl (C=O) groups excluding carboxylic acids is 1. The van der Waals surface area contributed by atoms with Crippen LogP contribution >= 0.6 is 0 Å². The number of anilines is 1. The van der Waals surface area contributed by atoms with Crippen LogP contribution in [0.25, 0.3) is 0 Å². The number of likely N-dealkylation sites (N-methyl/N-ethyl adjacent to an activating group) is 1. The van der Waals surface area contributed by atoms with Crippen LogP contribution in [-0.4, -0.2) is 61.8 Å². The van der Waals surface area contributed by atoms with E-state index in [1.54, 1.807) is 4.90 Å². The van der Waals surface area contributed by atoms with Gasteiger partial charge in [-0.2, -0.15) is 0 Å². The maximum absolute atomic E-state index is 13.0. The molecule has 1 aromatic heterocycles. The molecule has 1 N–H and O–H groups in total. The number of hydrogen-bond donors (Lipinski definition) is 1. The van der Waals surface area contributed by atoms with Gasteiger partial charge in [-0.15, -0.1) is 0 Å². The second kappa shape index (κ2) is 8.01. The van der Waals surface area contributed by atoms with Crippen molar-refractivity contribution in [3.8, 4) is 0 Å². The Morgan fingerprint density at radius 2 is 1.81 bits per heavy atom. The highest BCUT2D eigenvalue weighted by Gasteiger charge is 2.23. The number of rotatable bonds is 5. The average Bonchev–Trinajstić information content (AvgIpc) is 2.67. The van der Waals surface area contributed by atoms with E-state index in [2.05, 4.69) is 21.5 Å². The van der Waals surface area contributed by atoms with Crippen LogP contribution in [0, 0.1) is 5.82 Å². The number of halogens is 1. The number of benzene rings is 1. The number of piperazine rings is 1. The first-order valence-electron chi connectivity index (χ1n) is 8.65. The Morgan fingerprint density at radius 3 is 2.44 bits per heavy atom. The van der Waals surface area contributed by atoms with Crippen molar-refractivity contribution >= 4 is 21.6 Å². The molecule has 0 radical (unpaired) electrons. The summed E-state index contributed by atoms with van der Waals surface area (Å²) in [6.45, 7) is 5.86. The fraction of sp³-hybridized carbons (Fsp3) is 0.333. The molecule has 0 saturated carbocycles. The molecule has 7 nitrogen and oxygen atoms in total. The van der Waals surface area contributed by atoms with Crippen molar-refractivity contribution in [3.05, 3.63) is 54.1 Å². The van der Waals surface area contributed by atoms with Crippen molar-refractivity contribution in [2.24, 2.45) is 0 Å². The molecule has 1 saturated heterocycles. The van der Waals surface area contributed by atoms with Crippen LogP contribution in [0.5, 0.6) is 0 Å². The third-order valence-corrected chi connectivity index (χ3v) is 5.86. The minimum Gasteiger partial charge on any atom is -0.335 e. The number of amides is 1. The van der Waals surface area contributed by atoms with Crippen LogP contribution in [0.1, 0.15) is 17.4 Å². The molecule has 0 spiro atoms. The summed E-state index contributed by atoms with van der Waals surface area (Å²) < 4.78 is 40.2. The van der Waals surface area contributed by atoms with Crippen molar-refractivity contribution in [1.29, 1.82) is 0 Å². The SMILES string of the molecule is CCN1CCN(C(=O)c2cc(NS(=O)(=O)c3ccc(F)cc3)ccn2)CC1. The zero-order valence-electron chi connectivity index (χ0n) is 14.9. The lowest BCUT2D eigenvalue weighted by molar-refractivity contribution is 0.0637. The fourth-order valence-electron chi connectivity index (χ4n) is 2.87. The maximum atomic E-state index is 13.0. The zero-order chi connectivity index (χ0) is 19.4. The van der Waals surface area contributed by atoms with Crippen molar-refractivity contribution in [1.82, 2.24) is 14.8 Å². The molecule has 2 heterocycles. The maximum Gasteiger partial charge on any atom is 0.272 e. The van der Waals surface area contributed by atoms with E-state index >= 15 is 0 Å². The minimum atomic E-state index is -3.88. The molecule has 2 aromatic rings. The number of carbonyl (C=O) groups is 1. The highest BCUT2D eigenvalue weighted by atomic mass is 32.2. The quantitative estimate of drug-likeness (QED) is 0.839. The second-order valence-corrected chi connectivity index (χ2v) is 7.90. The standard InChI is InChI=1S/C18H21FN4O3S/c1-2-22-9-11-23(12-10-22)18(24)17-13-15(7-8-20-17)21-27(25,26)16-5-3-14(19)4-6-16/h3-8,13H,2,9-12H2,1H3,(H,20,21). The van der Waals surface area contributed by atoms with E-state index in [0.29, 0.717) is 13.1 Å². The van der Waals surface area contributed by atoms with Crippen molar-refractivity contribution in [2.75, 3.05) is 37.4 Å². The predicted molar refractivity (Wildman–Crippen MR) is 99.5 cm³/mol. The van der Waals surface area contributed by atoms with Gasteiger partial charge in [0.05, 0.1) is 10.6 Å². The van der Waals surface area contributed by atoms with E-state index in [1.807, 2.05) is 0 Å². The Hall–Kier alpha value is -2.52. The van der Waals surface area contributed by atoms with Crippen molar-refractivity contribution in [3.63, 3.8) is 0 Å². The van der Waals surface area contributed by atoms with E-state index in [-0.39, 0.29) is 22.2 Å². The molecule has 0 unspecified atom stereocenters. The van der Waals surface area contributed by atoms with Crippen molar-refractivity contribution in [2.45, 2.75) is 11.8 Å². The van der Waals surface area contributed by atoms with Crippen LogP contribution < -0.4 is 4.72 Å². The number of sulfonamides is 1. The van der Waals surface area contributed by atoms with Crippen LogP contribution in [0.3, 0.4) is 0 Å². The van der Waals surface area contributed by atoms with E-state index in [1.165, 1.54) is 30.5 Å². The van der Waals surface area contributed by atoms with Gasteiger partial charge in [0, 0.05) is 32.4 Å². The Labute approximate surface area is 157 Å². The lowest BCUT2D eigenvalue weighted by atomic mass is 10.2. The fourth-order valence-corrected chi connectivity index (χ4v) is 3.92. The lowest BCUT2D eigenvalue weighted by Gasteiger charge is -2.33. The largest absolute Gasteiger partial charge is 0.335 e. The third-order valence-electron chi connectivity index (χ3n) is 4.46. The molecule has 1 aromatic carbocycles. The van der Waals surface area contributed by atoms with E-state index in [0.717, 1.165) is 31.8 Å². The molecular formula is C18H21FN4O3S. The van der Waals surface area contributed by atoms with Crippen LogP contribution in [0.15, 0.2) is 47.5 Å². The van der Waals surface area contributed by atoms with Gasteiger partial charge in [0.2, 0.25) is 0 Å². The Bertz CT molecular complexity index is 910. The molecular weight excluding hydrogens is 371 g/mol. The van der Waals surface area contributed by atoms with Gasteiger partial charge in [0.1, 0.15) is 11.5 Å². The summed E-state index contributed by atoms with van der Waals surface area (Å²) in [6.07, 6.45) is 1.39. The van der Waals surface area contributed by atoms with Gasteiger partial charge in [0.15, 0.2) is 0 Å². The summed E-state index contributed by atoms with van der Waals surface area (Å²) in [5.41, 5.74) is 0.407. The van der Waals surface area contributed by atoms with Gasteiger partial charge in [-0.05, 0) is 42.9 Å². The first-order valence-corrected chi connectivity index (χ1v) is 10.1. The van der Waals surface area contributed by atoms with E-state index < -0.39 is 15.8 Å². The average molecular weight is 392 g/mol.